The zero-order valence-electron chi connectivity index (χ0n) is 11.2. The maximum atomic E-state index is 6.02. The van der Waals surface area contributed by atoms with Crippen LogP contribution in [0.15, 0.2) is 22.7 Å². The summed E-state index contributed by atoms with van der Waals surface area (Å²) in [5.41, 5.74) is 8.49. The van der Waals surface area contributed by atoms with E-state index in [-0.39, 0.29) is 5.54 Å². The van der Waals surface area contributed by atoms with Gasteiger partial charge in [-0.05, 0) is 60.4 Å². The Morgan fingerprint density at radius 3 is 2.67 bits per heavy atom. The van der Waals surface area contributed by atoms with Crippen LogP contribution in [0.25, 0.3) is 0 Å². The van der Waals surface area contributed by atoms with Crippen LogP contribution in [0.2, 0.25) is 0 Å². The Hall–Kier alpha value is -0.580. The fraction of sp³-hybridized carbons (Fsp3) is 0.571. The number of nitrogens with one attached hydrogen (secondary N) is 1. The number of piperidine rings is 1. The van der Waals surface area contributed by atoms with Gasteiger partial charge in [-0.2, -0.15) is 0 Å². The standard InChI is InChI=1S/C14H22BrN3/c1-11-3-4-12(15)13(9-11)17-14(10-16)5-7-18(2)8-6-14/h3-4,9,17H,5-8,10,16H2,1-2H3. The highest BCUT2D eigenvalue weighted by atomic mass is 79.9. The van der Waals surface area contributed by atoms with Gasteiger partial charge in [0.1, 0.15) is 0 Å². The predicted molar refractivity (Wildman–Crippen MR) is 81.0 cm³/mol. The Kier molecular flexibility index (Phi) is 4.30. The number of halogens is 1. The molecular formula is C14H22BrN3. The van der Waals surface area contributed by atoms with E-state index in [2.05, 4.69) is 58.3 Å². The number of hydrogen-bond acceptors (Lipinski definition) is 3. The van der Waals surface area contributed by atoms with Crippen molar-refractivity contribution in [2.24, 2.45) is 5.73 Å². The highest BCUT2D eigenvalue weighted by Gasteiger charge is 2.32. The van der Waals surface area contributed by atoms with Gasteiger partial charge in [0.05, 0.1) is 5.54 Å². The number of likely N-dealkylation sites (tertiary alicyclic amines) is 1. The third-order valence-electron chi connectivity index (χ3n) is 3.86. The lowest BCUT2D eigenvalue weighted by atomic mass is 9.87. The topological polar surface area (TPSA) is 41.3 Å². The Morgan fingerprint density at radius 2 is 2.06 bits per heavy atom. The molecule has 0 amide bonds. The first kappa shape index (κ1) is 13.8. The average Bonchev–Trinajstić information content (AvgIpc) is 2.37. The van der Waals surface area contributed by atoms with E-state index in [1.165, 1.54) is 5.56 Å². The van der Waals surface area contributed by atoms with Crippen molar-refractivity contribution in [1.29, 1.82) is 0 Å². The van der Waals surface area contributed by atoms with E-state index in [9.17, 15) is 0 Å². The largest absolute Gasteiger partial charge is 0.377 e. The molecule has 1 aliphatic rings. The van der Waals surface area contributed by atoms with Crippen molar-refractivity contribution in [2.45, 2.75) is 25.3 Å². The van der Waals surface area contributed by atoms with Crippen molar-refractivity contribution in [2.75, 3.05) is 32.0 Å². The fourth-order valence-corrected chi connectivity index (χ4v) is 2.79. The molecule has 1 aromatic rings. The van der Waals surface area contributed by atoms with Gasteiger partial charge in [-0.3, -0.25) is 0 Å². The fourth-order valence-electron chi connectivity index (χ4n) is 2.45. The summed E-state index contributed by atoms with van der Waals surface area (Å²) in [6.07, 6.45) is 2.20. The molecule has 1 heterocycles. The van der Waals surface area contributed by atoms with Gasteiger partial charge in [-0.15, -0.1) is 0 Å². The molecule has 2 rings (SSSR count). The molecule has 1 aromatic carbocycles. The van der Waals surface area contributed by atoms with Crippen molar-refractivity contribution in [1.82, 2.24) is 4.90 Å². The molecule has 0 bridgehead atoms. The molecule has 0 aliphatic carbocycles. The zero-order valence-corrected chi connectivity index (χ0v) is 12.8. The summed E-state index contributed by atoms with van der Waals surface area (Å²) in [7, 11) is 2.17. The smallest absolute Gasteiger partial charge is 0.0520 e. The Balaban J connectivity index is 2.17. The van der Waals surface area contributed by atoms with Crippen molar-refractivity contribution in [3.8, 4) is 0 Å². The molecule has 0 spiro atoms. The molecule has 1 aliphatic heterocycles. The van der Waals surface area contributed by atoms with E-state index in [4.69, 9.17) is 5.73 Å². The van der Waals surface area contributed by atoms with Crippen molar-refractivity contribution in [3.63, 3.8) is 0 Å². The number of nitrogens with two attached hydrogens (primary N) is 1. The Bertz CT molecular complexity index is 412. The quantitative estimate of drug-likeness (QED) is 0.901. The second-order valence-corrected chi connectivity index (χ2v) is 6.25. The van der Waals surface area contributed by atoms with Gasteiger partial charge in [-0.1, -0.05) is 6.07 Å². The van der Waals surface area contributed by atoms with E-state index in [0.717, 1.165) is 36.1 Å². The van der Waals surface area contributed by atoms with Crippen molar-refractivity contribution >= 4 is 21.6 Å². The van der Waals surface area contributed by atoms with Crippen molar-refractivity contribution in [3.05, 3.63) is 28.2 Å². The first-order chi connectivity index (χ1) is 8.54. The number of benzene rings is 1. The lowest BCUT2D eigenvalue weighted by Crippen LogP contribution is -2.53. The van der Waals surface area contributed by atoms with Crippen LogP contribution in [0.3, 0.4) is 0 Å². The Labute approximate surface area is 118 Å². The highest BCUT2D eigenvalue weighted by molar-refractivity contribution is 9.10. The van der Waals surface area contributed by atoms with Crippen LogP contribution in [0.1, 0.15) is 18.4 Å². The minimum Gasteiger partial charge on any atom is -0.377 e. The summed E-state index contributed by atoms with van der Waals surface area (Å²) in [6.45, 7) is 5.00. The normalized spacial score (nSPS) is 19.8. The maximum Gasteiger partial charge on any atom is 0.0520 e. The van der Waals surface area contributed by atoms with Crippen LogP contribution in [0, 0.1) is 6.92 Å². The molecule has 0 atom stereocenters. The van der Waals surface area contributed by atoms with Crippen molar-refractivity contribution < 1.29 is 0 Å². The number of hydrogen-bond donors (Lipinski definition) is 2. The van der Waals surface area contributed by atoms with Crippen LogP contribution >= 0.6 is 15.9 Å². The maximum absolute atomic E-state index is 6.02. The van der Waals surface area contributed by atoms with Crippen LogP contribution in [-0.4, -0.2) is 37.1 Å². The first-order valence-electron chi connectivity index (χ1n) is 6.48. The summed E-state index contributed by atoms with van der Waals surface area (Å²) < 4.78 is 1.11. The first-order valence-corrected chi connectivity index (χ1v) is 7.27. The highest BCUT2D eigenvalue weighted by Crippen LogP contribution is 2.30. The lowest BCUT2D eigenvalue weighted by molar-refractivity contribution is 0.209. The lowest BCUT2D eigenvalue weighted by Gasteiger charge is -2.41. The van der Waals surface area contributed by atoms with Crippen LogP contribution in [-0.2, 0) is 0 Å². The van der Waals surface area contributed by atoms with E-state index in [1.54, 1.807) is 0 Å². The minimum absolute atomic E-state index is 0.0445. The molecule has 1 fully saturated rings. The van der Waals surface area contributed by atoms with Gasteiger partial charge >= 0.3 is 0 Å². The predicted octanol–water partition coefficient (Wildman–Crippen LogP) is 2.59. The minimum atomic E-state index is 0.0445. The van der Waals surface area contributed by atoms with E-state index < -0.39 is 0 Å². The average molecular weight is 312 g/mol. The monoisotopic (exact) mass is 311 g/mol. The van der Waals surface area contributed by atoms with E-state index >= 15 is 0 Å². The molecule has 1 saturated heterocycles. The summed E-state index contributed by atoms with van der Waals surface area (Å²) in [4.78, 5) is 2.36. The third kappa shape index (κ3) is 3.05. The number of nitrogens with zero attached hydrogens (tertiary/aromatic N) is 1. The molecule has 4 heteroatoms. The van der Waals surface area contributed by atoms with E-state index in [1.807, 2.05) is 0 Å². The molecule has 0 saturated carbocycles. The molecule has 0 aromatic heterocycles. The summed E-state index contributed by atoms with van der Waals surface area (Å²) in [6, 6.07) is 6.38. The zero-order chi connectivity index (χ0) is 13.2. The van der Waals surface area contributed by atoms with Crippen LogP contribution in [0.5, 0.6) is 0 Å². The SMILES string of the molecule is Cc1ccc(Br)c(NC2(CN)CCN(C)CC2)c1. The van der Waals surface area contributed by atoms with Gasteiger partial charge in [0.15, 0.2) is 0 Å². The number of rotatable bonds is 3. The van der Waals surface area contributed by atoms with E-state index in [0.29, 0.717) is 6.54 Å². The molecular weight excluding hydrogens is 290 g/mol. The number of anilines is 1. The number of aryl methyl sites for hydroxylation is 1. The van der Waals surface area contributed by atoms with Gasteiger partial charge in [-0.25, -0.2) is 0 Å². The molecule has 100 valence electrons. The summed E-state index contributed by atoms with van der Waals surface area (Å²) >= 11 is 3.61. The van der Waals surface area contributed by atoms with Crippen LogP contribution in [0.4, 0.5) is 5.69 Å². The van der Waals surface area contributed by atoms with Gasteiger partial charge in [0, 0.05) is 29.8 Å². The molecule has 0 unspecified atom stereocenters. The molecule has 3 nitrogen and oxygen atoms in total. The Morgan fingerprint density at radius 1 is 1.39 bits per heavy atom. The van der Waals surface area contributed by atoms with Gasteiger partial charge in [0.2, 0.25) is 0 Å². The molecule has 3 N–H and O–H groups in total. The van der Waals surface area contributed by atoms with Gasteiger partial charge in [0.25, 0.3) is 0 Å². The summed E-state index contributed by atoms with van der Waals surface area (Å²) in [5, 5.41) is 3.68. The van der Waals surface area contributed by atoms with Crippen LogP contribution < -0.4 is 11.1 Å². The van der Waals surface area contributed by atoms with Gasteiger partial charge < -0.3 is 16.0 Å². The third-order valence-corrected chi connectivity index (χ3v) is 4.55. The molecule has 0 radical (unpaired) electrons. The summed E-state index contributed by atoms with van der Waals surface area (Å²) in [5.74, 6) is 0. The second-order valence-electron chi connectivity index (χ2n) is 5.40. The second kappa shape index (κ2) is 5.59. The molecule has 18 heavy (non-hydrogen) atoms.